The molecular weight excluding hydrogens is 658 g/mol. The quantitative estimate of drug-likeness (QED) is 0.236. The Morgan fingerprint density at radius 2 is 1.16 bits per heavy atom. The van der Waals surface area contributed by atoms with Gasteiger partial charge in [-0.05, 0) is 42.0 Å². The van der Waals surface area contributed by atoms with Crippen molar-refractivity contribution in [2.24, 2.45) is 0 Å². The predicted molar refractivity (Wildman–Crippen MR) is 198 cm³/mol. The summed E-state index contributed by atoms with van der Waals surface area (Å²) in [6, 6.07) is 24.4. The summed E-state index contributed by atoms with van der Waals surface area (Å²) in [6.45, 7) is 4.16. The van der Waals surface area contributed by atoms with Crippen LogP contribution in [0.1, 0.15) is 5.56 Å². The fourth-order valence-corrected chi connectivity index (χ4v) is 7.27. The van der Waals surface area contributed by atoms with Crippen molar-refractivity contribution in [3.8, 4) is 11.5 Å². The fraction of sp³-hybridized carbons (Fsp3) is 0.421. The average Bonchev–Trinajstić information content (AvgIpc) is 3.09. The summed E-state index contributed by atoms with van der Waals surface area (Å²) >= 11 is 0. The molecule has 0 aromatic heterocycles. The molecule has 1 heterocycles. The molecule has 0 fully saturated rings. The highest BCUT2D eigenvalue weighted by molar-refractivity contribution is 7.93. The summed E-state index contributed by atoms with van der Waals surface area (Å²) in [5.41, 5.74) is 3.27. The van der Waals surface area contributed by atoms with Crippen LogP contribution in [-0.2, 0) is 35.5 Å². The lowest BCUT2D eigenvalue weighted by molar-refractivity contribution is -0.00842. The molecule has 4 aromatic carbocycles. The van der Waals surface area contributed by atoms with Gasteiger partial charge >= 0.3 is 0 Å². The van der Waals surface area contributed by atoms with Crippen molar-refractivity contribution in [2.45, 2.75) is 11.4 Å². The van der Waals surface area contributed by atoms with Gasteiger partial charge in [0, 0.05) is 42.7 Å². The van der Waals surface area contributed by atoms with Gasteiger partial charge in [0.25, 0.3) is 10.0 Å². The summed E-state index contributed by atoms with van der Waals surface area (Å²) in [5, 5.41) is 1.52. The number of benzene rings is 4. The van der Waals surface area contributed by atoms with Gasteiger partial charge in [0.1, 0.15) is 18.9 Å². The third-order valence-electron chi connectivity index (χ3n) is 8.24. The van der Waals surface area contributed by atoms with Crippen LogP contribution in [0.5, 0.6) is 11.5 Å². The van der Waals surface area contributed by atoms with Crippen LogP contribution in [0, 0.1) is 0 Å². The highest BCUT2D eigenvalue weighted by Crippen LogP contribution is 2.36. The summed E-state index contributed by atoms with van der Waals surface area (Å²) in [4.78, 5) is 2.22. The van der Waals surface area contributed by atoms with E-state index in [1.165, 1.54) is 4.31 Å². The summed E-state index contributed by atoms with van der Waals surface area (Å²) in [5.74, 6) is 1.02. The zero-order valence-electron chi connectivity index (χ0n) is 29.8. The molecule has 0 N–H and O–H groups in total. The number of ether oxygens (including phenoxy) is 6. The normalized spacial score (nSPS) is 15.9. The summed E-state index contributed by atoms with van der Waals surface area (Å²) < 4.78 is 66.3. The topological polar surface area (TPSA) is 96.0 Å². The average molecular weight is 709 g/mol. The lowest BCUT2D eigenvalue weighted by Gasteiger charge is -2.28. The molecule has 1 aliphatic heterocycles. The van der Waals surface area contributed by atoms with Gasteiger partial charge < -0.3 is 33.3 Å². The van der Waals surface area contributed by atoms with Crippen molar-refractivity contribution in [2.75, 3.05) is 111 Å². The standard InChI is InChI=1S/C38H50N3O8S/c1-39(2)35-10-6-9-34-33(35)8-7-11-38(34)50(42,43)40(31-13-15-32(16-14-31)41(3,4)5)29-30-12-17-36-37(28-30)49-27-25-47-23-21-45-19-18-44-20-22-46-24-26-48-36/h6-17,28H,18-27,29H2,1-5H3/q+1. The molecule has 0 bridgehead atoms. The highest BCUT2D eigenvalue weighted by Gasteiger charge is 2.29. The van der Waals surface area contributed by atoms with Gasteiger partial charge in [-0.25, -0.2) is 8.42 Å². The number of hydrogen-bond donors (Lipinski definition) is 0. The van der Waals surface area contributed by atoms with Gasteiger partial charge in [0.2, 0.25) is 0 Å². The Kier molecular flexibility index (Phi) is 13.0. The minimum atomic E-state index is -4.06. The first-order chi connectivity index (χ1) is 24.1. The van der Waals surface area contributed by atoms with Crippen LogP contribution < -0.4 is 23.2 Å². The smallest absolute Gasteiger partial charge is 0.265 e. The Morgan fingerprint density at radius 3 is 1.74 bits per heavy atom. The largest absolute Gasteiger partial charge is 0.487 e. The second kappa shape index (κ2) is 17.3. The minimum absolute atomic E-state index is 0.0589. The fourth-order valence-electron chi connectivity index (χ4n) is 5.61. The Hall–Kier alpha value is -3.91. The summed E-state index contributed by atoms with van der Waals surface area (Å²) in [6.07, 6.45) is 0. The SMILES string of the molecule is CN(C)c1cccc2c(S(=O)(=O)N(Cc3ccc4c(c3)OCCOCCOCCOCCOCCO4)c3ccc([N+](C)(C)C)cc3)cccc12. The highest BCUT2D eigenvalue weighted by atomic mass is 32.2. The van der Waals surface area contributed by atoms with Crippen LogP contribution in [-0.4, -0.2) is 110 Å². The molecule has 50 heavy (non-hydrogen) atoms. The predicted octanol–water partition coefficient (Wildman–Crippen LogP) is 5.34. The van der Waals surface area contributed by atoms with Crippen LogP contribution in [0.2, 0.25) is 0 Å². The van der Waals surface area contributed by atoms with Gasteiger partial charge in [-0.1, -0.05) is 30.3 Å². The first-order valence-electron chi connectivity index (χ1n) is 16.9. The number of nitrogens with zero attached hydrogens (tertiary/aromatic N) is 3. The molecule has 5 rings (SSSR count). The van der Waals surface area contributed by atoms with Crippen LogP contribution in [0.25, 0.3) is 10.8 Å². The third kappa shape index (κ3) is 9.65. The Morgan fingerprint density at radius 1 is 0.620 bits per heavy atom. The molecule has 0 atom stereocenters. The van der Waals surface area contributed by atoms with Gasteiger partial charge in [-0.3, -0.25) is 8.79 Å². The van der Waals surface area contributed by atoms with Crippen LogP contribution in [0.3, 0.4) is 0 Å². The van der Waals surface area contributed by atoms with Crippen molar-refractivity contribution < 1.29 is 36.8 Å². The number of anilines is 2. The molecule has 0 radical (unpaired) electrons. The van der Waals surface area contributed by atoms with Crippen LogP contribution in [0.4, 0.5) is 17.1 Å². The van der Waals surface area contributed by atoms with Crippen molar-refractivity contribution >= 4 is 37.9 Å². The molecule has 4 aromatic rings. The van der Waals surface area contributed by atoms with Gasteiger partial charge in [-0.15, -0.1) is 0 Å². The summed E-state index contributed by atoms with van der Waals surface area (Å²) in [7, 11) is 6.06. The van der Waals surface area contributed by atoms with E-state index in [0.717, 1.165) is 22.3 Å². The number of hydrogen-bond acceptors (Lipinski definition) is 9. The van der Waals surface area contributed by atoms with Crippen LogP contribution >= 0.6 is 0 Å². The van der Waals surface area contributed by atoms with E-state index in [4.69, 9.17) is 28.4 Å². The monoisotopic (exact) mass is 708 g/mol. The second-order valence-electron chi connectivity index (χ2n) is 13.0. The lowest BCUT2D eigenvalue weighted by Crippen LogP contribution is -2.35. The molecule has 0 unspecified atom stereocenters. The molecule has 0 saturated carbocycles. The van der Waals surface area contributed by atoms with E-state index in [0.29, 0.717) is 86.5 Å². The van der Waals surface area contributed by atoms with Gasteiger partial charge in [-0.2, -0.15) is 0 Å². The van der Waals surface area contributed by atoms with E-state index >= 15 is 0 Å². The Labute approximate surface area is 296 Å². The van der Waals surface area contributed by atoms with Gasteiger partial charge in [0.15, 0.2) is 11.5 Å². The van der Waals surface area contributed by atoms with E-state index in [1.807, 2.05) is 85.7 Å². The molecule has 1 aliphatic rings. The van der Waals surface area contributed by atoms with E-state index in [9.17, 15) is 8.42 Å². The maximum absolute atomic E-state index is 14.8. The first-order valence-corrected chi connectivity index (χ1v) is 18.3. The maximum atomic E-state index is 14.8. The molecule has 0 aliphatic carbocycles. The first kappa shape index (κ1) is 37.3. The molecule has 11 nitrogen and oxygen atoms in total. The Balaban J connectivity index is 1.49. The molecule has 0 spiro atoms. The third-order valence-corrected chi connectivity index (χ3v) is 10.1. The number of quaternary nitrogens is 1. The van der Waals surface area contributed by atoms with Crippen molar-refractivity contribution in [1.29, 1.82) is 0 Å². The van der Waals surface area contributed by atoms with Crippen molar-refractivity contribution in [3.63, 3.8) is 0 Å². The number of fused-ring (bicyclic) bond motifs is 2. The van der Waals surface area contributed by atoms with E-state index in [2.05, 4.69) is 21.1 Å². The Bertz CT molecular complexity index is 1790. The van der Waals surface area contributed by atoms with Crippen molar-refractivity contribution in [3.05, 3.63) is 84.4 Å². The van der Waals surface area contributed by atoms with E-state index in [-0.39, 0.29) is 18.0 Å². The molecule has 270 valence electrons. The zero-order valence-corrected chi connectivity index (χ0v) is 30.6. The molecular formula is C38H50N3O8S+. The molecule has 0 amide bonds. The molecule has 12 heteroatoms. The van der Waals surface area contributed by atoms with E-state index < -0.39 is 10.0 Å². The minimum Gasteiger partial charge on any atom is -0.487 e. The van der Waals surface area contributed by atoms with E-state index in [1.54, 1.807) is 12.1 Å². The molecule has 0 saturated heterocycles. The zero-order chi connectivity index (χ0) is 35.6. The van der Waals surface area contributed by atoms with Gasteiger partial charge in [0.05, 0.1) is 91.1 Å². The lowest BCUT2D eigenvalue weighted by atomic mass is 10.1. The second-order valence-corrected chi connectivity index (χ2v) is 14.8. The number of rotatable bonds is 7. The maximum Gasteiger partial charge on any atom is 0.265 e. The van der Waals surface area contributed by atoms with Crippen molar-refractivity contribution in [1.82, 2.24) is 4.48 Å². The number of sulfonamides is 1. The van der Waals surface area contributed by atoms with Crippen LogP contribution in [0.15, 0.2) is 83.8 Å².